The van der Waals surface area contributed by atoms with Crippen LogP contribution in [0.2, 0.25) is 20.1 Å². The van der Waals surface area contributed by atoms with E-state index in [0.717, 1.165) is 35.6 Å². The molecule has 230 valence electrons. The minimum atomic E-state index is -4.29. The Hall–Kier alpha value is -2.49. The molecule has 0 bridgehead atoms. The molecule has 1 aliphatic carbocycles. The molecule has 7 nitrogen and oxygen atoms in total. The lowest BCUT2D eigenvalue weighted by Gasteiger charge is -2.34. The van der Waals surface area contributed by atoms with Gasteiger partial charge in [0.15, 0.2) is 0 Å². The molecule has 0 heterocycles. The molecule has 1 fully saturated rings. The van der Waals surface area contributed by atoms with Gasteiger partial charge >= 0.3 is 0 Å². The number of anilines is 1. The summed E-state index contributed by atoms with van der Waals surface area (Å²) in [6, 6.07) is 15.0. The van der Waals surface area contributed by atoms with E-state index in [9.17, 15) is 18.0 Å². The fourth-order valence-electron chi connectivity index (χ4n) is 5.16. The van der Waals surface area contributed by atoms with Crippen molar-refractivity contribution >= 4 is 73.9 Å². The smallest absolute Gasteiger partial charge is 0.264 e. The summed E-state index contributed by atoms with van der Waals surface area (Å²) in [6.45, 7) is 3.01. The largest absolute Gasteiger partial charge is 0.352 e. The van der Waals surface area contributed by atoms with Crippen molar-refractivity contribution < 1.29 is 18.0 Å². The number of nitrogens with one attached hydrogen (secondary N) is 1. The second kappa shape index (κ2) is 14.5. The first-order chi connectivity index (χ1) is 20.4. The number of sulfonamides is 1. The molecular weight excluding hydrogens is 652 g/mol. The maximum Gasteiger partial charge on any atom is 0.264 e. The molecule has 43 heavy (non-hydrogen) atoms. The highest BCUT2D eigenvalue weighted by atomic mass is 35.5. The third kappa shape index (κ3) is 7.97. The zero-order chi connectivity index (χ0) is 31.3. The van der Waals surface area contributed by atoms with Gasteiger partial charge in [0, 0.05) is 12.6 Å². The van der Waals surface area contributed by atoms with E-state index in [0.29, 0.717) is 22.0 Å². The van der Waals surface area contributed by atoms with Gasteiger partial charge in [-0.2, -0.15) is 0 Å². The zero-order valence-electron chi connectivity index (χ0n) is 23.8. The summed E-state index contributed by atoms with van der Waals surface area (Å²) in [6.07, 6.45) is 4.10. The van der Waals surface area contributed by atoms with E-state index >= 15 is 0 Å². The number of carbonyl (C=O) groups excluding carboxylic acids is 2. The van der Waals surface area contributed by atoms with E-state index in [-0.39, 0.29) is 39.1 Å². The quantitative estimate of drug-likeness (QED) is 0.225. The van der Waals surface area contributed by atoms with Crippen LogP contribution in [0.3, 0.4) is 0 Å². The van der Waals surface area contributed by atoms with Crippen LogP contribution in [0.1, 0.15) is 50.2 Å². The number of hydrogen-bond acceptors (Lipinski definition) is 4. The summed E-state index contributed by atoms with van der Waals surface area (Å²) in [5.41, 5.74) is 1.54. The van der Waals surface area contributed by atoms with Crippen molar-refractivity contribution in [2.75, 3.05) is 10.8 Å². The molecule has 0 aliphatic heterocycles. The maximum atomic E-state index is 14.3. The normalized spacial score (nSPS) is 14.4. The molecule has 1 N–H and O–H groups in total. The highest BCUT2D eigenvalue weighted by molar-refractivity contribution is 7.92. The monoisotopic (exact) mass is 683 g/mol. The van der Waals surface area contributed by atoms with E-state index in [4.69, 9.17) is 46.4 Å². The fourth-order valence-corrected chi connectivity index (χ4v) is 7.35. The van der Waals surface area contributed by atoms with E-state index in [1.54, 1.807) is 36.4 Å². The van der Waals surface area contributed by atoms with Crippen molar-refractivity contribution in [2.24, 2.45) is 0 Å². The Morgan fingerprint density at radius 3 is 2.23 bits per heavy atom. The second-order valence-corrected chi connectivity index (χ2v) is 14.0. The number of hydrogen-bond donors (Lipinski definition) is 1. The third-order valence-electron chi connectivity index (χ3n) is 7.51. The second-order valence-electron chi connectivity index (χ2n) is 10.6. The first-order valence-corrected chi connectivity index (χ1v) is 16.9. The zero-order valence-corrected chi connectivity index (χ0v) is 27.7. The number of aryl methyl sites for hydroxylation is 1. The van der Waals surface area contributed by atoms with E-state index in [1.807, 2.05) is 13.8 Å². The molecule has 1 aliphatic rings. The van der Waals surface area contributed by atoms with Gasteiger partial charge in [0.05, 0.1) is 30.7 Å². The maximum absolute atomic E-state index is 14.3. The topological polar surface area (TPSA) is 86.8 Å². The Morgan fingerprint density at radius 1 is 0.930 bits per heavy atom. The van der Waals surface area contributed by atoms with Crippen molar-refractivity contribution in [2.45, 2.75) is 69.5 Å². The Bertz CT molecular complexity index is 1580. The van der Waals surface area contributed by atoms with Crippen molar-refractivity contribution in [3.63, 3.8) is 0 Å². The Kier molecular flexibility index (Phi) is 11.3. The molecule has 0 aromatic heterocycles. The molecule has 1 saturated carbocycles. The molecular formula is C31H33Cl4N3O4S. The molecule has 3 aromatic carbocycles. The van der Waals surface area contributed by atoms with Gasteiger partial charge in [-0.05, 0) is 68.1 Å². The molecule has 3 aromatic rings. The molecule has 0 radical (unpaired) electrons. The van der Waals surface area contributed by atoms with Gasteiger partial charge in [-0.1, -0.05) is 96.0 Å². The van der Waals surface area contributed by atoms with Crippen LogP contribution < -0.4 is 9.62 Å². The van der Waals surface area contributed by atoms with Gasteiger partial charge in [-0.3, -0.25) is 13.9 Å². The van der Waals surface area contributed by atoms with Crippen LogP contribution in [-0.2, 0) is 26.2 Å². The van der Waals surface area contributed by atoms with Gasteiger partial charge in [-0.15, -0.1) is 0 Å². The molecule has 4 rings (SSSR count). The highest BCUT2D eigenvalue weighted by Gasteiger charge is 2.35. The fraction of sp³-hybridized carbons (Fsp3) is 0.355. The predicted molar refractivity (Wildman–Crippen MR) is 174 cm³/mol. The highest BCUT2D eigenvalue weighted by Crippen LogP contribution is 2.36. The van der Waals surface area contributed by atoms with Crippen LogP contribution in [0.4, 0.5) is 5.69 Å². The van der Waals surface area contributed by atoms with Crippen LogP contribution in [-0.4, -0.2) is 43.8 Å². The summed E-state index contributed by atoms with van der Waals surface area (Å²) in [5, 5.41) is 3.84. The van der Waals surface area contributed by atoms with Crippen LogP contribution >= 0.6 is 46.4 Å². The first kappa shape index (κ1) is 33.4. The lowest BCUT2D eigenvalue weighted by atomic mass is 10.1. The summed E-state index contributed by atoms with van der Waals surface area (Å²) >= 11 is 25.2. The SMILES string of the molecule is CC[C@H](C(=O)NC1CCCC1)N(Cc1ccc(Cl)c(Cl)c1)C(=O)CN(c1cccc(Cl)c1Cl)S(=O)(=O)c1ccc(C)cc1. The molecule has 12 heteroatoms. The average molecular weight is 686 g/mol. The Morgan fingerprint density at radius 2 is 1.60 bits per heavy atom. The van der Waals surface area contributed by atoms with Crippen LogP contribution in [0.5, 0.6) is 0 Å². The Labute approximate surface area is 273 Å². The van der Waals surface area contributed by atoms with Gasteiger partial charge in [0.2, 0.25) is 11.8 Å². The summed E-state index contributed by atoms with van der Waals surface area (Å²) < 4.78 is 29.0. The molecule has 1 atom stereocenters. The van der Waals surface area contributed by atoms with Crippen molar-refractivity contribution in [3.05, 3.63) is 91.9 Å². The minimum absolute atomic E-state index is 0.00594. The molecule has 0 saturated heterocycles. The minimum Gasteiger partial charge on any atom is -0.352 e. The van der Waals surface area contributed by atoms with Crippen molar-refractivity contribution in [1.29, 1.82) is 0 Å². The van der Waals surface area contributed by atoms with Gasteiger partial charge < -0.3 is 10.2 Å². The summed E-state index contributed by atoms with van der Waals surface area (Å²) in [7, 11) is -4.29. The molecule has 0 unspecified atom stereocenters. The van der Waals surface area contributed by atoms with Crippen molar-refractivity contribution in [1.82, 2.24) is 10.2 Å². The third-order valence-corrected chi connectivity index (χ3v) is 10.8. The summed E-state index contributed by atoms with van der Waals surface area (Å²) in [5.74, 6) is -0.900. The number of carbonyl (C=O) groups is 2. The number of halogens is 4. The number of amides is 2. The number of rotatable bonds is 11. The first-order valence-electron chi connectivity index (χ1n) is 14.0. The van der Waals surface area contributed by atoms with Gasteiger partial charge in [0.25, 0.3) is 10.0 Å². The molecule has 2 amide bonds. The number of nitrogens with zero attached hydrogens (tertiary/aromatic N) is 2. The van der Waals surface area contributed by atoms with Gasteiger partial charge in [0.1, 0.15) is 12.6 Å². The van der Waals surface area contributed by atoms with Crippen LogP contribution in [0.15, 0.2) is 65.6 Å². The molecule has 0 spiro atoms. The van der Waals surface area contributed by atoms with E-state index in [2.05, 4.69) is 5.32 Å². The standard InChI is InChI=1S/C31H33Cl4N3O4S/c1-3-27(31(40)36-22-7-4-5-8-22)37(18-21-13-16-24(32)26(34)17-21)29(39)19-38(28-10-6-9-25(33)30(28)35)43(41,42)23-14-11-20(2)12-15-23/h6,9-17,22,27H,3-5,7-8,18-19H2,1-2H3,(H,36,40)/t27-/m1/s1. The predicted octanol–water partition coefficient (Wildman–Crippen LogP) is 7.67. The van der Waals surface area contributed by atoms with Crippen molar-refractivity contribution in [3.8, 4) is 0 Å². The van der Waals surface area contributed by atoms with E-state index in [1.165, 1.54) is 29.2 Å². The Balaban J connectivity index is 1.76. The van der Waals surface area contributed by atoms with Gasteiger partial charge in [-0.25, -0.2) is 8.42 Å². The lowest BCUT2D eigenvalue weighted by molar-refractivity contribution is -0.140. The van der Waals surface area contributed by atoms with Crippen LogP contribution in [0, 0.1) is 6.92 Å². The lowest BCUT2D eigenvalue weighted by Crippen LogP contribution is -2.53. The van der Waals surface area contributed by atoms with E-state index < -0.39 is 28.5 Å². The average Bonchev–Trinajstić information content (AvgIpc) is 3.48. The van der Waals surface area contributed by atoms with Crippen LogP contribution in [0.25, 0.3) is 0 Å². The summed E-state index contributed by atoms with van der Waals surface area (Å²) in [4.78, 5) is 29.2. The number of benzene rings is 3.